The lowest BCUT2D eigenvalue weighted by Gasteiger charge is -2.32. The Labute approximate surface area is 249 Å². The third-order valence-corrected chi connectivity index (χ3v) is 9.65. The van der Waals surface area contributed by atoms with Crippen molar-refractivity contribution in [2.24, 2.45) is 0 Å². The van der Waals surface area contributed by atoms with E-state index in [0.29, 0.717) is 30.0 Å². The lowest BCUT2D eigenvalue weighted by molar-refractivity contribution is -0.141. The van der Waals surface area contributed by atoms with Crippen molar-refractivity contribution in [2.45, 2.75) is 43.7 Å². The molecule has 0 saturated carbocycles. The molecule has 1 atom stereocenters. The summed E-state index contributed by atoms with van der Waals surface area (Å²) in [4.78, 5) is 29.2. The average Bonchev–Trinajstić information content (AvgIpc) is 3.18. The lowest BCUT2D eigenvalue weighted by atomic mass is 10.0. The van der Waals surface area contributed by atoms with Crippen molar-refractivity contribution in [3.63, 3.8) is 0 Å². The molecule has 212 valence electrons. The third kappa shape index (κ3) is 6.16. The van der Waals surface area contributed by atoms with E-state index in [1.807, 2.05) is 85.8 Å². The number of nitrogens with one attached hydrogen (secondary N) is 1. The Bertz CT molecular complexity index is 1670. The molecule has 0 spiro atoms. The SMILES string of the molecule is CCNC(=O)[C@@H](Cc1ccccc1)N(Cc1cccc(Br)c1)C(=O)CCCN1c2cccc3cccc(c23)S1(=O)=O. The van der Waals surface area contributed by atoms with Gasteiger partial charge in [-0.25, -0.2) is 8.42 Å². The summed E-state index contributed by atoms with van der Waals surface area (Å²) in [5.74, 6) is -0.423. The molecule has 4 aromatic carbocycles. The Morgan fingerprint density at radius 1 is 0.927 bits per heavy atom. The molecule has 1 heterocycles. The summed E-state index contributed by atoms with van der Waals surface area (Å²) in [6.45, 7) is 2.71. The predicted molar refractivity (Wildman–Crippen MR) is 165 cm³/mol. The molecule has 0 saturated heterocycles. The molecule has 0 bridgehead atoms. The molecule has 0 aromatic heterocycles. The monoisotopic (exact) mass is 633 g/mol. The first-order valence-corrected chi connectivity index (χ1v) is 15.9. The van der Waals surface area contributed by atoms with Crippen LogP contribution in [0.5, 0.6) is 0 Å². The Morgan fingerprint density at radius 2 is 1.63 bits per heavy atom. The first-order chi connectivity index (χ1) is 19.8. The maximum atomic E-state index is 13.9. The van der Waals surface area contributed by atoms with Crippen LogP contribution in [0.15, 0.2) is 100 Å². The van der Waals surface area contributed by atoms with Crippen molar-refractivity contribution in [1.82, 2.24) is 10.2 Å². The zero-order chi connectivity index (χ0) is 29.0. The molecule has 5 rings (SSSR count). The van der Waals surface area contributed by atoms with Gasteiger partial charge in [0.15, 0.2) is 0 Å². The standard InChI is InChI=1S/C32H32BrN3O4S/c1-2-34-32(38)28(21-23-10-4-3-5-11-23)35(22-24-12-6-15-26(33)20-24)30(37)18-9-19-36-27-16-7-13-25-14-8-17-29(31(25)27)41(36,39)40/h3-8,10-17,20,28H,2,9,18-19,21-22H2,1H3,(H,34,38)/t28-/m1/s1. The second kappa shape index (κ2) is 12.4. The van der Waals surface area contributed by atoms with Crippen LogP contribution in [0.2, 0.25) is 0 Å². The molecule has 0 unspecified atom stereocenters. The molecule has 7 nitrogen and oxygen atoms in total. The van der Waals surface area contributed by atoms with Gasteiger partial charge in [0, 0.05) is 42.3 Å². The van der Waals surface area contributed by atoms with Crippen molar-refractivity contribution < 1.29 is 18.0 Å². The van der Waals surface area contributed by atoms with Gasteiger partial charge in [-0.05, 0) is 54.1 Å². The van der Waals surface area contributed by atoms with E-state index >= 15 is 0 Å². The summed E-state index contributed by atoms with van der Waals surface area (Å²) >= 11 is 3.50. The highest BCUT2D eigenvalue weighted by atomic mass is 79.9. The first-order valence-electron chi connectivity index (χ1n) is 13.7. The van der Waals surface area contributed by atoms with Gasteiger partial charge in [-0.15, -0.1) is 0 Å². The van der Waals surface area contributed by atoms with Crippen LogP contribution in [0.4, 0.5) is 5.69 Å². The first kappa shape index (κ1) is 28.8. The van der Waals surface area contributed by atoms with Gasteiger partial charge in [0.1, 0.15) is 6.04 Å². The van der Waals surface area contributed by atoms with E-state index < -0.39 is 16.1 Å². The van der Waals surface area contributed by atoms with Crippen LogP contribution >= 0.6 is 15.9 Å². The average molecular weight is 635 g/mol. The lowest BCUT2D eigenvalue weighted by Crippen LogP contribution is -2.50. The largest absolute Gasteiger partial charge is 0.355 e. The van der Waals surface area contributed by atoms with E-state index in [1.165, 1.54) is 4.31 Å². The Balaban J connectivity index is 1.39. The summed E-state index contributed by atoms with van der Waals surface area (Å²) in [5.41, 5.74) is 2.48. The molecule has 9 heteroatoms. The van der Waals surface area contributed by atoms with Crippen LogP contribution < -0.4 is 9.62 Å². The van der Waals surface area contributed by atoms with Crippen molar-refractivity contribution in [1.29, 1.82) is 0 Å². The van der Waals surface area contributed by atoms with E-state index in [-0.39, 0.29) is 31.3 Å². The normalized spacial score (nSPS) is 14.1. The Morgan fingerprint density at radius 3 is 2.37 bits per heavy atom. The molecule has 1 aliphatic heterocycles. The minimum Gasteiger partial charge on any atom is -0.355 e. The number of amides is 2. The van der Waals surface area contributed by atoms with Crippen molar-refractivity contribution >= 4 is 54.2 Å². The second-order valence-electron chi connectivity index (χ2n) is 10.1. The summed E-state index contributed by atoms with van der Waals surface area (Å²) in [6, 6.07) is 27.4. The molecule has 0 radical (unpaired) electrons. The quantitative estimate of drug-likeness (QED) is 0.231. The highest BCUT2D eigenvalue weighted by molar-refractivity contribution is 9.10. The number of carbonyl (C=O) groups excluding carboxylic acids is 2. The number of rotatable bonds is 11. The van der Waals surface area contributed by atoms with Gasteiger partial charge in [-0.1, -0.05) is 82.7 Å². The van der Waals surface area contributed by atoms with Crippen LogP contribution in [0.1, 0.15) is 30.9 Å². The fourth-order valence-corrected chi connectivity index (χ4v) is 7.59. The van der Waals surface area contributed by atoms with E-state index in [1.54, 1.807) is 17.0 Å². The van der Waals surface area contributed by atoms with Crippen LogP contribution in [0, 0.1) is 0 Å². The molecule has 2 amide bonds. The zero-order valence-corrected chi connectivity index (χ0v) is 25.2. The van der Waals surface area contributed by atoms with E-state index in [2.05, 4.69) is 21.2 Å². The van der Waals surface area contributed by atoms with Crippen molar-refractivity contribution in [2.75, 3.05) is 17.4 Å². The molecule has 0 aliphatic carbocycles. The molecule has 1 N–H and O–H groups in total. The number of sulfonamides is 1. The summed E-state index contributed by atoms with van der Waals surface area (Å²) in [7, 11) is -3.71. The van der Waals surface area contributed by atoms with Gasteiger partial charge < -0.3 is 10.2 Å². The third-order valence-electron chi connectivity index (χ3n) is 7.30. The van der Waals surface area contributed by atoms with Gasteiger partial charge in [0.05, 0.1) is 10.6 Å². The summed E-state index contributed by atoms with van der Waals surface area (Å²) in [5, 5.41) is 4.49. The molecule has 0 fully saturated rings. The second-order valence-corrected chi connectivity index (χ2v) is 12.8. The number of anilines is 1. The minimum atomic E-state index is -3.71. The number of hydrogen-bond acceptors (Lipinski definition) is 4. The maximum absolute atomic E-state index is 13.9. The van der Waals surface area contributed by atoms with Gasteiger partial charge in [-0.2, -0.15) is 0 Å². The molecular formula is C32H32BrN3O4S. The highest BCUT2D eigenvalue weighted by Gasteiger charge is 2.36. The van der Waals surface area contributed by atoms with Crippen LogP contribution in [-0.4, -0.2) is 44.3 Å². The van der Waals surface area contributed by atoms with Gasteiger partial charge in [0.25, 0.3) is 10.0 Å². The summed E-state index contributed by atoms with van der Waals surface area (Å²) in [6.07, 6.45) is 0.770. The van der Waals surface area contributed by atoms with Gasteiger partial charge in [-0.3, -0.25) is 13.9 Å². The number of carbonyl (C=O) groups is 2. The van der Waals surface area contributed by atoms with Gasteiger partial charge >= 0.3 is 0 Å². The summed E-state index contributed by atoms with van der Waals surface area (Å²) < 4.78 is 29.1. The molecule has 1 aliphatic rings. The fraction of sp³-hybridized carbons (Fsp3) is 0.250. The molecule has 4 aromatic rings. The Kier molecular flexibility index (Phi) is 8.75. The van der Waals surface area contributed by atoms with Gasteiger partial charge in [0.2, 0.25) is 11.8 Å². The number of nitrogens with zero attached hydrogens (tertiary/aromatic N) is 2. The molecule has 41 heavy (non-hydrogen) atoms. The Hall–Kier alpha value is -3.69. The van der Waals surface area contributed by atoms with E-state index in [9.17, 15) is 18.0 Å². The molecular weight excluding hydrogens is 602 g/mol. The predicted octanol–water partition coefficient (Wildman–Crippen LogP) is 5.67. The van der Waals surface area contributed by atoms with E-state index in [4.69, 9.17) is 0 Å². The van der Waals surface area contributed by atoms with Crippen LogP contribution in [-0.2, 0) is 32.6 Å². The number of likely N-dealkylation sites (N-methyl/N-ethyl adjacent to an activating group) is 1. The van der Waals surface area contributed by atoms with Crippen molar-refractivity contribution in [3.8, 4) is 0 Å². The topological polar surface area (TPSA) is 86.8 Å². The van der Waals surface area contributed by atoms with Crippen LogP contribution in [0.3, 0.4) is 0 Å². The highest BCUT2D eigenvalue weighted by Crippen LogP contribution is 2.42. The van der Waals surface area contributed by atoms with Crippen LogP contribution in [0.25, 0.3) is 10.8 Å². The minimum absolute atomic E-state index is 0.0943. The smallest absolute Gasteiger partial charge is 0.265 e. The fourth-order valence-electron chi connectivity index (χ4n) is 5.39. The number of halogens is 1. The maximum Gasteiger partial charge on any atom is 0.265 e. The van der Waals surface area contributed by atoms with Crippen molar-refractivity contribution in [3.05, 3.63) is 107 Å². The van der Waals surface area contributed by atoms with E-state index in [0.717, 1.165) is 26.4 Å². The zero-order valence-electron chi connectivity index (χ0n) is 22.8. The number of benzene rings is 4. The number of hydrogen-bond donors (Lipinski definition) is 1.